The van der Waals surface area contributed by atoms with Gasteiger partial charge in [-0.3, -0.25) is 0 Å². The van der Waals surface area contributed by atoms with Crippen molar-refractivity contribution in [1.29, 1.82) is 0 Å². The van der Waals surface area contributed by atoms with Crippen LogP contribution in [0.5, 0.6) is 0 Å². The van der Waals surface area contributed by atoms with Crippen molar-refractivity contribution in [1.82, 2.24) is 4.98 Å². The summed E-state index contributed by atoms with van der Waals surface area (Å²) < 4.78 is 5.59. The van der Waals surface area contributed by atoms with Crippen molar-refractivity contribution in [2.45, 2.75) is 52.2 Å². The topological polar surface area (TPSA) is 45.6 Å². The van der Waals surface area contributed by atoms with E-state index in [-0.39, 0.29) is 18.1 Å². The summed E-state index contributed by atoms with van der Waals surface area (Å²) in [6.07, 6.45) is 1.35. The van der Waals surface area contributed by atoms with E-state index in [4.69, 9.17) is 9.72 Å². The van der Waals surface area contributed by atoms with Gasteiger partial charge in [0.15, 0.2) is 0 Å². The van der Waals surface area contributed by atoms with Gasteiger partial charge in [-0.25, -0.2) is 4.98 Å². The van der Waals surface area contributed by atoms with Crippen LogP contribution in [0.1, 0.15) is 45.4 Å². The maximum absolute atomic E-state index is 9.52. The summed E-state index contributed by atoms with van der Waals surface area (Å²) in [7, 11) is 1.78. The summed E-state index contributed by atoms with van der Waals surface area (Å²) in [6.45, 7) is 10.6. The zero-order valence-corrected chi connectivity index (χ0v) is 13.9. The van der Waals surface area contributed by atoms with E-state index in [9.17, 15) is 5.11 Å². The number of aromatic nitrogens is 1. The van der Waals surface area contributed by atoms with E-state index in [1.54, 1.807) is 7.11 Å². The molecule has 1 aromatic heterocycles. The standard InChI is InChI=1S/C17H28N2O2/c1-12-6-7-19(10-14(12)21-5)16-9-13(11-20)8-15(18-16)17(2,3)4/h8-9,12,14,20H,6-7,10-11H2,1-5H3. The van der Waals surface area contributed by atoms with Crippen molar-refractivity contribution in [3.63, 3.8) is 0 Å². The third-order valence-corrected chi connectivity index (χ3v) is 4.34. The molecule has 1 aromatic rings. The quantitative estimate of drug-likeness (QED) is 0.930. The minimum Gasteiger partial charge on any atom is -0.392 e. The van der Waals surface area contributed by atoms with Gasteiger partial charge in [0.05, 0.1) is 12.7 Å². The average molecular weight is 292 g/mol. The molecule has 2 rings (SSSR count). The van der Waals surface area contributed by atoms with E-state index in [1.807, 2.05) is 12.1 Å². The minimum atomic E-state index is -0.0241. The number of piperidine rings is 1. The Morgan fingerprint density at radius 3 is 2.67 bits per heavy atom. The molecule has 4 nitrogen and oxygen atoms in total. The summed E-state index contributed by atoms with van der Waals surface area (Å²) in [5.74, 6) is 1.54. The fourth-order valence-corrected chi connectivity index (χ4v) is 2.76. The first-order chi connectivity index (χ1) is 9.85. The van der Waals surface area contributed by atoms with Gasteiger partial charge in [0.2, 0.25) is 0 Å². The number of aliphatic hydroxyl groups excluding tert-OH is 1. The van der Waals surface area contributed by atoms with Gasteiger partial charge in [-0.05, 0) is 30.0 Å². The lowest BCUT2D eigenvalue weighted by atomic mass is 9.90. The van der Waals surface area contributed by atoms with Crippen molar-refractivity contribution in [2.24, 2.45) is 5.92 Å². The zero-order valence-electron chi connectivity index (χ0n) is 13.9. The monoisotopic (exact) mass is 292 g/mol. The highest BCUT2D eigenvalue weighted by Gasteiger charge is 2.27. The van der Waals surface area contributed by atoms with E-state index in [1.165, 1.54) is 0 Å². The first-order valence-corrected chi connectivity index (χ1v) is 7.75. The van der Waals surface area contributed by atoms with Gasteiger partial charge < -0.3 is 14.7 Å². The number of nitrogens with zero attached hydrogens (tertiary/aromatic N) is 2. The van der Waals surface area contributed by atoms with Crippen molar-refractivity contribution in [3.8, 4) is 0 Å². The molecule has 2 heterocycles. The number of pyridine rings is 1. The molecule has 0 spiro atoms. The third-order valence-electron chi connectivity index (χ3n) is 4.34. The smallest absolute Gasteiger partial charge is 0.129 e. The highest BCUT2D eigenvalue weighted by Crippen LogP contribution is 2.28. The molecule has 0 radical (unpaired) electrons. The predicted octanol–water partition coefficient (Wildman–Crippen LogP) is 2.73. The van der Waals surface area contributed by atoms with Crippen LogP contribution in [0.3, 0.4) is 0 Å². The molecular weight excluding hydrogens is 264 g/mol. The van der Waals surface area contributed by atoms with Crippen LogP contribution in [-0.4, -0.2) is 36.4 Å². The number of rotatable bonds is 3. The molecule has 21 heavy (non-hydrogen) atoms. The maximum Gasteiger partial charge on any atom is 0.129 e. The first-order valence-electron chi connectivity index (χ1n) is 7.75. The van der Waals surface area contributed by atoms with Crippen molar-refractivity contribution in [3.05, 3.63) is 23.4 Å². The van der Waals surface area contributed by atoms with Crippen LogP contribution >= 0.6 is 0 Å². The average Bonchev–Trinajstić information content (AvgIpc) is 2.46. The summed E-state index contributed by atoms with van der Waals surface area (Å²) in [4.78, 5) is 7.11. The molecule has 1 N–H and O–H groups in total. The molecule has 0 saturated carbocycles. The summed E-state index contributed by atoms with van der Waals surface area (Å²) in [5.41, 5.74) is 1.93. The second-order valence-corrected chi connectivity index (χ2v) is 7.11. The minimum absolute atomic E-state index is 0.0241. The van der Waals surface area contributed by atoms with Gasteiger partial charge in [0.1, 0.15) is 5.82 Å². The lowest BCUT2D eigenvalue weighted by Gasteiger charge is -2.37. The van der Waals surface area contributed by atoms with Gasteiger partial charge in [0, 0.05) is 31.3 Å². The SMILES string of the molecule is COC1CN(c2cc(CO)cc(C(C)(C)C)n2)CCC1C. The molecule has 2 atom stereocenters. The normalized spacial score (nSPS) is 23.4. The Morgan fingerprint density at radius 2 is 2.10 bits per heavy atom. The van der Waals surface area contributed by atoms with Gasteiger partial charge in [0.25, 0.3) is 0 Å². The molecule has 1 aliphatic heterocycles. The number of anilines is 1. The first kappa shape index (κ1) is 16.2. The molecule has 0 aromatic carbocycles. The lowest BCUT2D eigenvalue weighted by Crippen LogP contribution is -2.44. The lowest BCUT2D eigenvalue weighted by molar-refractivity contribution is 0.0496. The molecule has 1 saturated heterocycles. The molecular formula is C17H28N2O2. The van der Waals surface area contributed by atoms with Crippen molar-refractivity contribution in [2.75, 3.05) is 25.1 Å². The fraction of sp³-hybridized carbons (Fsp3) is 0.706. The molecule has 118 valence electrons. The van der Waals surface area contributed by atoms with E-state index in [0.717, 1.165) is 36.6 Å². The second-order valence-electron chi connectivity index (χ2n) is 7.11. The van der Waals surface area contributed by atoms with Crippen molar-refractivity contribution >= 4 is 5.82 Å². The number of hydrogen-bond donors (Lipinski definition) is 1. The van der Waals surface area contributed by atoms with E-state index >= 15 is 0 Å². The maximum atomic E-state index is 9.52. The van der Waals surface area contributed by atoms with Crippen LogP contribution in [0, 0.1) is 5.92 Å². The fourth-order valence-electron chi connectivity index (χ4n) is 2.76. The van der Waals surface area contributed by atoms with Crippen LogP contribution in [0.4, 0.5) is 5.82 Å². The Balaban J connectivity index is 2.30. The molecule has 0 aliphatic carbocycles. The Hall–Kier alpha value is -1.13. The van der Waals surface area contributed by atoms with E-state index in [2.05, 4.69) is 32.6 Å². The number of ether oxygens (including phenoxy) is 1. The largest absolute Gasteiger partial charge is 0.392 e. The van der Waals surface area contributed by atoms with Crippen LogP contribution in [-0.2, 0) is 16.8 Å². The number of aliphatic hydroxyl groups is 1. The molecule has 0 bridgehead atoms. The summed E-state index contributed by atoms with van der Waals surface area (Å²) >= 11 is 0. The summed E-state index contributed by atoms with van der Waals surface area (Å²) in [5, 5.41) is 9.52. The highest BCUT2D eigenvalue weighted by atomic mass is 16.5. The van der Waals surface area contributed by atoms with Gasteiger partial charge >= 0.3 is 0 Å². The molecule has 0 amide bonds. The Morgan fingerprint density at radius 1 is 1.38 bits per heavy atom. The van der Waals surface area contributed by atoms with Gasteiger partial charge in [-0.2, -0.15) is 0 Å². The highest BCUT2D eigenvalue weighted by molar-refractivity contribution is 5.44. The number of methoxy groups -OCH3 is 1. The van der Waals surface area contributed by atoms with Crippen LogP contribution in [0.2, 0.25) is 0 Å². The molecule has 2 unspecified atom stereocenters. The van der Waals surface area contributed by atoms with Crippen LogP contribution < -0.4 is 4.90 Å². The molecule has 1 aliphatic rings. The Labute approximate surface area is 128 Å². The van der Waals surface area contributed by atoms with Crippen LogP contribution in [0.15, 0.2) is 12.1 Å². The Bertz CT molecular complexity index is 482. The second kappa shape index (κ2) is 6.32. The van der Waals surface area contributed by atoms with Gasteiger partial charge in [-0.15, -0.1) is 0 Å². The Kier molecular flexibility index (Phi) is 4.89. The van der Waals surface area contributed by atoms with Crippen molar-refractivity contribution < 1.29 is 9.84 Å². The number of hydrogen-bond acceptors (Lipinski definition) is 4. The summed E-state index contributed by atoms with van der Waals surface area (Å²) in [6, 6.07) is 4.00. The van der Waals surface area contributed by atoms with E-state index in [0.29, 0.717) is 5.92 Å². The third kappa shape index (κ3) is 3.74. The van der Waals surface area contributed by atoms with Crippen LogP contribution in [0.25, 0.3) is 0 Å². The molecule has 4 heteroatoms. The van der Waals surface area contributed by atoms with E-state index < -0.39 is 0 Å². The molecule has 1 fully saturated rings. The predicted molar refractivity (Wildman–Crippen MR) is 85.7 cm³/mol. The van der Waals surface area contributed by atoms with Gasteiger partial charge in [-0.1, -0.05) is 27.7 Å². The zero-order chi connectivity index (χ0) is 15.6.